The van der Waals surface area contributed by atoms with Crippen LogP contribution in [-0.2, 0) is 4.74 Å². The van der Waals surface area contributed by atoms with Gasteiger partial charge in [-0.1, -0.05) is 19.1 Å². The van der Waals surface area contributed by atoms with Gasteiger partial charge in [-0.2, -0.15) is 0 Å². The Balaban J connectivity index is 3.74. The lowest BCUT2D eigenvalue weighted by Crippen LogP contribution is -2.25. The van der Waals surface area contributed by atoms with Crippen molar-refractivity contribution in [2.75, 3.05) is 40.0 Å². The Labute approximate surface area is 118 Å². The maximum Gasteiger partial charge on any atom is 0.0910 e. The van der Waals surface area contributed by atoms with Crippen molar-refractivity contribution in [1.29, 1.82) is 0 Å². The molecule has 0 amide bonds. The number of unbranched alkanes of at least 4 members (excludes halogenated alkanes) is 1. The van der Waals surface area contributed by atoms with Crippen molar-refractivity contribution < 1.29 is 4.74 Å². The van der Waals surface area contributed by atoms with Gasteiger partial charge in [0.05, 0.1) is 13.3 Å². The molecule has 0 spiro atoms. The Bertz CT molecular complexity index is 275. The molecule has 0 rings (SSSR count). The minimum absolute atomic E-state index is 0.651. The molecule has 110 valence electrons. The third kappa shape index (κ3) is 10.5. The number of hydrogen-bond acceptors (Lipinski definition) is 4. The van der Waals surface area contributed by atoms with Gasteiger partial charge < -0.3 is 10.1 Å². The molecule has 0 bridgehead atoms. The van der Waals surface area contributed by atoms with Gasteiger partial charge in [-0.05, 0) is 32.9 Å². The fourth-order valence-electron chi connectivity index (χ4n) is 1.57. The minimum Gasteiger partial charge on any atom is -0.387 e. The summed E-state index contributed by atoms with van der Waals surface area (Å²) < 4.78 is 5.36. The van der Waals surface area contributed by atoms with Gasteiger partial charge in [0.1, 0.15) is 0 Å². The summed E-state index contributed by atoms with van der Waals surface area (Å²) in [5.74, 6) is 0. The van der Waals surface area contributed by atoms with Gasteiger partial charge in [-0.15, -0.1) is 6.58 Å². The van der Waals surface area contributed by atoms with E-state index in [1.165, 1.54) is 0 Å². The molecule has 0 aliphatic heterocycles. The smallest absolute Gasteiger partial charge is 0.0910 e. The van der Waals surface area contributed by atoms with E-state index >= 15 is 0 Å². The van der Waals surface area contributed by atoms with E-state index in [-0.39, 0.29) is 0 Å². The second kappa shape index (κ2) is 13.3. The first kappa shape index (κ1) is 17.9. The predicted octanol–water partition coefficient (Wildman–Crippen LogP) is 2.44. The first-order valence-electron chi connectivity index (χ1n) is 7.03. The molecule has 0 saturated carbocycles. The molecule has 0 aromatic rings. The molecule has 4 nitrogen and oxygen atoms in total. The SMILES string of the molecule is C=CCOCCCCN(CC)C/N=C\C(=C/C)NC. The standard InChI is InChI=1S/C15H29N3O/c1-5-11-19-12-9-8-10-18(7-3)14-17-13-15(6-2)16-4/h5-6,13,16H,1,7-12,14H2,2-4H3/b15-6+,17-13-. The number of rotatable bonds is 12. The number of nitrogens with zero attached hydrogens (tertiary/aromatic N) is 2. The summed E-state index contributed by atoms with van der Waals surface area (Å²) in [6.45, 7) is 12.1. The molecule has 0 radical (unpaired) electrons. The van der Waals surface area contributed by atoms with E-state index in [0.717, 1.165) is 44.9 Å². The monoisotopic (exact) mass is 267 g/mol. The molecule has 0 heterocycles. The fraction of sp³-hybridized carbons (Fsp3) is 0.667. The Morgan fingerprint density at radius 3 is 2.79 bits per heavy atom. The molecule has 0 aromatic carbocycles. The van der Waals surface area contributed by atoms with Crippen LogP contribution >= 0.6 is 0 Å². The van der Waals surface area contributed by atoms with Gasteiger partial charge in [0, 0.05) is 25.6 Å². The highest BCUT2D eigenvalue weighted by Crippen LogP contribution is 1.97. The van der Waals surface area contributed by atoms with Crippen molar-refractivity contribution in [3.8, 4) is 0 Å². The summed E-state index contributed by atoms with van der Waals surface area (Å²) in [6, 6.07) is 0. The third-order valence-corrected chi connectivity index (χ3v) is 2.81. The maximum absolute atomic E-state index is 5.36. The van der Waals surface area contributed by atoms with Crippen molar-refractivity contribution >= 4 is 6.21 Å². The van der Waals surface area contributed by atoms with Crippen molar-refractivity contribution in [3.05, 3.63) is 24.4 Å². The molecule has 0 aliphatic rings. The van der Waals surface area contributed by atoms with Gasteiger partial charge in [0.2, 0.25) is 0 Å². The maximum atomic E-state index is 5.36. The average Bonchev–Trinajstić information content (AvgIpc) is 2.45. The predicted molar refractivity (Wildman–Crippen MR) is 83.7 cm³/mol. The van der Waals surface area contributed by atoms with Crippen LogP contribution in [0.1, 0.15) is 26.7 Å². The van der Waals surface area contributed by atoms with E-state index < -0.39 is 0 Å². The Morgan fingerprint density at radius 1 is 1.42 bits per heavy atom. The van der Waals surface area contributed by atoms with E-state index in [1.54, 1.807) is 6.08 Å². The lowest BCUT2D eigenvalue weighted by atomic mass is 10.3. The summed E-state index contributed by atoms with van der Waals surface area (Å²) in [7, 11) is 1.90. The van der Waals surface area contributed by atoms with Crippen molar-refractivity contribution in [2.45, 2.75) is 26.7 Å². The summed E-state index contributed by atoms with van der Waals surface area (Å²) in [4.78, 5) is 6.76. The van der Waals surface area contributed by atoms with Gasteiger partial charge >= 0.3 is 0 Å². The Hall–Kier alpha value is -1.13. The first-order chi connectivity index (χ1) is 9.28. The highest BCUT2D eigenvalue weighted by molar-refractivity contribution is 5.77. The van der Waals surface area contributed by atoms with Crippen LogP contribution in [0.3, 0.4) is 0 Å². The van der Waals surface area contributed by atoms with Gasteiger partial charge in [-0.3, -0.25) is 9.89 Å². The molecule has 0 unspecified atom stereocenters. The summed E-state index contributed by atoms with van der Waals surface area (Å²) in [5.41, 5.74) is 1.05. The second-order valence-electron chi connectivity index (χ2n) is 4.23. The number of allylic oxidation sites excluding steroid dienone is 2. The number of aliphatic imine (C=N–C) groups is 1. The molecule has 1 N–H and O–H groups in total. The average molecular weight is 267 g/mol. The van der Waals surface area contributed by atoms with E-state index in [9.17, 15) is 0 Å². The molecule has 0 fully saturated rings. The lowest BCUT2D eigenvalue weighted by Gasteiger charge is -2.17. The van der Waals surface area contributed by atoms with Gasteiger partial charge in [-0.25, -0.2) is 0 Å². The third-order valence-electron chi connectivity index (χ3n) is 2.81. The second-order valence-corrected chi connectivity index (χ2v) is 4.23. The number of ether oxygens (including phenoxy) is 1. The fourth-order valence-corrected chi connectivity index (χ4v) is 1.57. The van der Waals surface area contributed by atoms with Crippen LogP contribution in [0.5, 0.6) is 0 Å². The lowest BCUT2D eigenvalue weighted by molar-refractivity contribution is 0.153. The van der Waals surface area contributed by atoms with Gasteiger partial charge in [0.25, 0.3) is 0 Å². The van der Waals surface area contributed by atoms with E-state index in [0.29, 0.717) is 6.61 Å². The van der Waals surface area contributed by atoms with Gasteiger partial charge in [0.15, 0.2) is 0 Å². The van der Waals surface area contributed by atoms with Crippen LogP contribution in [0.2, 0.25) is 0 Å². The topological polar surface area (TPSA) is 36.9 Å². The first-order valence-corrected chi connectivity index (χ1v) is 7.03. The molecule has 19 heavy (non-hydrogen) atoms. The van der Waals surface area contributed by atoms with Crippen LogP contribution in [0.15, 0.2) is 29.4 Å². The quantitative estimate of drug-likeness (QED) is 0.335. The number of nitrogens with one attached hydrogen (secondary N) is 1. The Morgan fingerprint density at radius 2 is 2.21 bits per heavy atom. The molecular formula is C15H29N3O. The van der Waals surface area contributed by atoms with Crippen LogP contribution < -0.4 is 5.32 Å². The molecular weight excluding hydrogens is 238 g/mol. The zero-order valence-electron chi connectivity index (χ0n) is 12.7. The van der Waals surface area contributed by atoms with Crippen molar-refractivity contribution in [3.63, 3.8) is 0 Å². The normalized spacial score (nSPS) is 12.3. The van der Waals surface area contributed by atoms with Crippen molar-refractivity contribution in [2.24, 2.45) is 4.99 Å². The largest absolute Gasteiger partial charge is 0.387 e. The van der Waals surface area contributed by atoms with E-state index in [4.69, 9.17) is 4.74 Å². The molecule has 0 aliphatic carbocycles. The molecule has 0 aromatic heterocycles. The summed E-state index contributed by atoms with van der Waals surface area (Å²) in [5, 5.41) is 3.08. The van der Waals surface area contributed by atoms with E-state index in [2.05, 4.69) is 28.7 Å². The zero-order valence-corrected chi connectivity index (χ0v) is 12.7. The van der Waals surface area contributed by atoms with Crippen LogP contribution in [-0.4, -0.2) is 51.1 Å². The van der Waals surface area contributed by atoms with Crippen LogP contribution in [0, 0.1) is 0 Å². The molecule has 0 saturated heterocycles. The zero-order chi connectivity index (χ0) is 14.3. The highest BCUT2D eigenvalue weighted by Gasteiger charge is 2.00. The highest BCUT2D eigenvalue weighted by atomic mass is 16.5. The number of hydrogen-bond donors (Lipinski definition) is 1. The molecule has 4 heteroatoms. The van der Waals surface area contributed by atoms with E-state index in [1.807, 2.05) is 26.3 Å². The molecule has 0 atom stereocenters. The van der Waals surface area contributed by atoms with Crippen LogP contribution in [0.25, 0.3) is 0 Å². The summed E-state index contributed by atoms with van der Waals surface area (Å²) >= 11 is 0. The Kier molecular flexibility index (Phi) is 12.5. The van der Waals surface area contributed by atoms with Crippen molar-refractivity contribution in [1.82, 2.24) is 10.2 Å². The summed E-state index contributed by atoms with van der Waals surface area (Å²) in [6.07, 6.45) is 7.91. The minimum atomic E-state index is 0.651. The van der Waals surface area contributed by atoms with Crippen LogP contribution in [0.4, 0.5) is 0 Å².